The summed E-state index contributed by atoms with van der Waals surface area (Å²) >= 11 is 0. The molecule has 0 amide bonds. The lowest BCUT2D eigenvalue weighted by atomic mass is 10.0. The van der Waals surface area contributed by atoms with Gasteiger partial charge >= 0.3 is 0 Å². The number of aliphatic hydroxyl groups is 1. The number of hydrogen-bond donors (Lipinski definition) is 2. The summed E-state index contributed by atoms with van der Waals surface area (Å²) in [6.07, 6.45) is 1.48. The standard InChI is InChI=1S/C17H26FN3O/c1-3-19-17(21-10-6-7-13(2)12-21)20-11-16(22)14-8-4-5-9-15(14)18/h4-5,8-9,13,16,22H,3,6-7,10-12H2,1-2H3,(H,19,20). The Morgan fingerprint density at radius 2 is 2.27 bits per heavy atom. The van der Waals surface area contributed by atoms with Gasteiger partial charge in [0.1, 0.15) is 11.9 Å². The summed E-state index contributed by atoms with van der Waals surface area (Å²) in [7, 11) is 0. The molecule has 0 radical (unpaired) electrons. The Kier molecular flexibility index (Phi) is 6.19. The van der Waals surface area contributed by atoms with E-state index in [0.717, 1.165) is 32.0 Å². The first-order chi connectivity index (χ1) is 10.6. The molecule has 0 bridgehead atoms. The molecule has 5 heteroatoms. The molecule has 122 valence electrons. The number of aliphatic hydroxyl groups excluding tert-OH is 1. The third-order valence-electron chi connectivity index (χ3n) is 3.97. The minimum atomic E-state index is -0.919. The molecule has 1 aromatic rings. The van der Waals surface area contributed by atoms with Gasteiger partial charge in [-0.15, -0.1) is 0 Å². The summed E-state index contributed by atoms with van der Waals surface area (Å²) in [4.78, 5) is 6.73. The maximum absolute atomic E-state index is 13.7. The van der Waals surface area contributed by atoms with Gasteiger partial charge in [0.15, 0.2) is 5.96 Å². The zero-order chi connectivity index (χ0) is 15.9. The quantitative estimate of drug-likeness (QED) is 0.664. The number of guanidine groups is 1. The lowest BCUT2D eigenvalue weighted by Gasteiger charge is -2.33. The van der Waals surface area contributed by atoms with Crippen molar-refractivity contribution >= 4 is 5.96 Å². The molecule has 1 heterocycles. The number of halogens is 1. The minimum absolute atomic E-state index is 0.161. The van der Waals surface area contributed by atoms with E-state index in [4.69, 9.17) is 0 Å². The van der Waals surface area contributed by atoms with Crippen molar-refractivity contribution in [2.24, 2.45) is 10.9 Å². The van der Waals surface area contributed by atoms with Crippen LogP contribution in [-0.4, -0.2) is 42.1 Å². The molecule has 0 spiro atoms. The third kappa shape index (κ3) is 4.44. The molecular weight excluding hydrogens is 281 g/mol. The maximum atomic E-state index is 13.7. The van der Waals surface area contributed by atoms with Crippen LogP contribution in [0.25, 0.3) is 0 Å². The van der Waals surface area contributed by atoms with Crippen molar-refractivity contribution in [1.29, 1.82) is 0 Å². The van der Waals surface area contributed by atoms with E-state index in [1.54, 1.807) is 18.2 Å². The van der Waals surface area contributed by atoms with Gasteiger partial charge in [-0.05, 0) is 31.7 Å². The van der Waals surface area contributed by atoms with E-state index in [1.165, 1.54) is 12.5 Å². The van der Waals surface area contributed by atoms with Crippen LogP contribution >= 0.6 is 0 Å². The molecule has 4 nitrogen and oxygen atoms in total. The van der Waals surface area contributed by atoms with Gasteiger partial charge in [0.25, 0.3) is 0 Å². The van der Waals surface area contributed by atoms with Gasteiger partial charge in [0.2, 0.25) is 0 Å². The average molecular weight is 307 g/mol. The zero-order valence-corrected chi connectivity index (χ0v) is 13.4. The van der Waals surface area contributed by atoms with Crippen molar-refractivity contribution < 1.29 is 9.50 Å². The van der Waals surface area contributed by atoms with Gasteiger partial charge in [-0.3, -0.25) is 4.99 Å². The van der Waals surface area contributed by atoms with Gasteiger partial charge in [0.05, 0.1) is 6.54 Å². The zero-order valence-electron chi connectivity index (χ0n) is 13.4. The van der Waals surface area contributed by atoms with Gasteiger partial charge < -0.3 is 15.3 Å². The molecule has 0 aromatic heterocycles. The molecule has 0 aliphatic carbocycles. The van der Waals surface area contributed by atoms with Crippen LogP contribution in [0.1, 0.15) is 38.4 Å². The summed E-state index contributed by atoms with van der Waals surface area (Å²) in [5, 5.41) is 13.4. The van der Waals surface area contributed by atoms with Crippen LogP contribution in [0.15, 0.2) is 29.3 Å². The number of hydrogen-bond acceptors (Lipinski definition) is 2. The average Bonchev–Trinajstić information content (AvgIpc) is 2.51. The second-order valence-electron chi connectivity index (χ2n) is 5.93. The lowest BCUT2D eigenvalue weighted by Crippen LogP contribution is -2.46. The highest BCUT2D eigenvalue weighted by Crippen LogP contribution is 2.18. The highest BCUT2D eigenvalue weighted by molar-refractivity contribution is 5.80. The molecule has 1 aromatic carbocycles. The summed E-state index contributed by atoms with van der Waals surface area (Å²) in [5.41, 5.74) is 0.300. The molecule has 1 fully saturated rings. The number of nitrogens with zero attached hydrogens (tertiary/aromatic N) is 2. The fourth-order valence-corrected chi connectivity index (χ4v) is 2.82. The van der Waals surface area contributed by atoms with E-state index in [0.29, 0.717) is 11.5 Å². The summed E-state index contributed by atoms with van der Waals surface area (Å²) < 4.78 is 13.7. The van der Waals surface area contributed by atoms with E-state index >= 15 is 0 Å². The number of aliphatic imine (C=N–C) groups is 1. The Hall–Kier alpha value is -1.62. The third-order valence-corrected chi connectivity index (χ3v) is 3.97. The van der Waals surface area contributed by atoms with Crippen LogP contribution in [0, 0.1) is 11.7 Å². The SMILES string of the molecule is CCNC(=NCC(O)c1ccccc1F)N1CCCC(C)C1. The Bertz CT molecular complexity index is 506. The van der Waals surface area contributed by atoms with Crippen molar-refractivity contribution in [3.8, 4) is 0 Å². The van der Waals surface area contributed by atoms with E-state index in [1.807, 2.05) is 6.92 Å². The maximum Gasteiger partial charge on any atom is 0.194 e. The molecule has 2 N–H and O–H groups in total. The van der Waals surface area contributed by atoms with Crippen LogP contribution < -0.4 is 5.32 Å². The topological polar surface area (TPSA) is 47.9 Å². The second-order valence-corrected chi connectivity index (χ2v) is 5.93. The molecule has 1 aliphatic rings. The number of rotatable bonds is 4. The van der Waals surface area contributed by atoms with Crippen LogP contribution in [-0.2, 0) is 0 Å². The molecule has 22 heavy (non-hydrogen) atoms. The van der Waals surface area contributed by atoms with Crippen LogP contribution in [0.5, 0.6) is 0 Å². The Balaban J connectivity index is 2.05. The highest BCUT2D eigenvalue weighted by Gasteiger charge is 2.20. The first-order valence-electron chi connectivity index (χ1n) is 8.07. The Labute approximate surface area is 132 Å². The van der Waals surface area contributed by atoms with Gasteiger partial charge in [0, 0.05) is 25.2 Å². The van der Waals surface area contributed by atoms with E-state index < -0.39 is 6.10 Å². The minimum Gasteiger partial charge on any atom is -0.386 e. The van der Waals surface area contributed by atoms with Crippen LogP contribution in [0.2, 0.25) is 0 Å². The van der Waals surface area contributed by atoms with Crippen LogP contribution in [0.3, 0.4) is 0 Å². The summed E-state index contributed by atoms with van der Waals surface area (Å²) in [6.45, 7) is 7.15. The van der Waals surface area contributed by atoms with Gasteiger partial charge in [-0.2, -0.15) is 0 Å². The molecular formula is C17H26FN3O. The number of benzene rings is 1. The first kappa shape index (κ1) is 16.7. The van der Waals surface area contributed by atoms with E-state index in [2.05, 4.69) is 22.1 Å². The molecule has 2 rings (SSSR count). The number of nitrogens with one attached hydrogen (secondary N) is 1. The normalized spacial score (nSPS) is 20.8. The number of piperidine rings is 1. The largest absolute Gasteiger partial charge is 0.386 e. The van der Waals surface area contributed by atoms with Crippen molar-refractivity contribution in [2.45, 2.75) is 32.8 Å². The molecule has 1 aliphatic heterocycles. The second kappa shape index (κ2) is 8.13. The molecule has 2 atom stereocenters. The van der Waals surface area contributed by atoms with Gasteiger partial charge in [-0.25, -0.2) is 4.39 Å². The fourth-order valence-electron chi connectivity index (χ4n) is 2.82. The summed E-state index contributed by atoms with van der Waals surface area (Å²) in [5.74, 6) is 1.07. The lowest BCUT2D eigenvalue weighted by molar-refractivity contribution is 0.181. The Morgan fingerprint density at radius 1 is 1.50 bits per heavy atom. The first-order valence-corrected chi connectivity index (χ1v) is 8.07. The summed E-state index contributed by atoms with van der Waals surface area (Å²) in [6, 6.07) is 6.31. The van der Waals surface area contributed by atoms with Crippen molar-refractivity contribution in [1.82, 2.24) is 10.2 Å². The molecule has 1 saturated heterocycles. The smallest absolute Gasteiger partial charge is 0.194 e. The highest BCUT2D eigenvalue weighted by atomic mass is 19.1. The van der Waals surface area contributed by atoms with Crippen molar-refractivity contribution in [3.63, 3.8) is 0 Å². The monoisotopic (exact) mass is 307 g/mol. The Morgan fingerprint density at radius 3 is 2.95 bits per heavy atom. The van der Waals surface area contributed by atoms with Gasteiger partial charge in [-0.1, -0.05) is 25.1 Å². The molecule has 2 unspecified atom stereocenters. The predicted octanol–water partition coefficient (Wildman–Crippen LogP) is 2.56. The predicted molar refractivity (Wildman–Crippen MR) is 87.3 cm³/mol. The van der Waals surface area contributed by atoms with E-state index in [-0.39, 0.29) is 12.4 Å². The van der Waals surface area contributed by atoms with Crippen LogP contribution in [0.4, 0.5) is 4.39 Å². The number of likely N-dealkylation sites (tertiary alicyclic amines) is 1. The molecule has 0 saturated carbocycles. The van der Waals surface area contributed by atoms with E-state index in [9.17, 15) is 9.50 Å². The van der Waals surface area contributed by atoms with Crippen molar-refractivity contribution in [3.05, 3.63) is 35.6 Å². The fraction of sp³-hybridized carbons (Fsp3) is 0.588. The van der Waals surface area contributed by atoms with Crippen molar-refractivity contribution in [2.75, 3.05) is 26.2 Å².